The lowest BCUT2D eigenvalue weighted by Gasteiger charge is -2.47. The van der Waals surface area contributed by atoms with Crippen molar-refractivity contribution in [3.8, 4) is 0 Å². The van der Waals surface area contributed by atoms with Crippen molar-refractivity contribution in [2.75, 3.05) is 13.1 Å². The van der Waals surface area contributed by atoms with Crippen LogP contribution in [0.3, 0.4) is 0 Å². The summed E-state index contributed by atoms with van der Waals surface area (Å²) in [5.41, 5.74) is 4.69. The third kappa shape index (κ3) is 3.17. The fourth-order valence-corrected chi connectivity index (χ4v) is 13.8. The Balaban J connectivity index is 1.73. The number of aliphatic imine (C=N–C) groups is 1. The van der Waals surface area contributed by atoms with Crippen LogP contribution in [-0.4, -0.2) is 35.6 Å². The summed E-state index contributed by atoms with van der Waals surface area (Å²) in [6.07, 6.45) is 22.6. The zero-order chi connectivity index (χ0) is 16.2. The van der Waals surface area contributed by atoms with Crippen molar-refractivity contribution >= 4 is 12.8 Å². The second-order valence-electron chi connectivity index (χ2n) is 8.84. The van der Waals surface area contributed by atoms with Gasteiger partial charge in [0.1, 0.15) is 0 Å². The van der Waals surface area contributed by atoms with Crippen LogP contribution in [-0.2, 0) is 0 Å². The van der Waals surface area contributed by atoms with Crippen LogP contribution in [0.15, 0.2) is 4.99 Å². The molecule has 136 valence electrons. The maximum Gasteiger partial charge on any atom is 0.246 e. The second kappa shape index (κ2) is 8.07. The van der Waals surface area contributed by atoms with Crippen molar-refractivity contribution < 1.29 is 0 Å². The van der Waals surface area contributed by atoms with Gasteiger partial charge in [-0.2, -0.15) is 0 Å². The molecule has 0 aromatic rings. The van der Waals surface area contributed by atoms with Crippen LogP contribution in [0.2, 0.25) is 0 Å². The normalized spacial score (nSPS) is 28.6. The zero-order valence-electron chi connectivity index (χ0n) is 15.6. The Morgan fingerprint density at radius 3 is 1.38 bits per heavy atom. The van der Waals surface area contributed by atoms with E-state index in [0.717, 1.165) is 30.1 Å². The molecule has 4 aliphatic rings. The van der Waals surface area contributed by atoms with Crippen molar-refractivity contribution in [2.24, 2.45) is 4.99 Å². The van der Waals surface area contributed by atoms with Gasteiger partial charge >= 0.3 is 0 Å². The third-order valence-electron chi connectivity index (χ3n) is 7.56. The van der Waals surface area contributed by atoms with Gasteiger partial charge in [0.05, 0.1) is 30.8 Å². The van der Waals surface area contributed by atoms with Crippen molar-refractivity contribution in [2.45, 2.75) is 113 Å². The fourth-order valence-electron chi connectivity index (χ4n) is 6.58. The molecule has 0 aromatic carbocycles. The van der Waals surface area contributed by atoms with Gasteiger partial charge in [-0.25, -0.2) is 4.99 Å². The molecule has 1 N–H and O–H groups in total. The van der Waals surface area contributed by atoms with Gasteiger partial charge in [0, 0.05) is 6.54 Å². The Morgan fingerprint density at radius 1 is 0.625 bits per heavy atom. The minimum absolute atomic E-state index is 1.03. The summed E-state index contributed by atoms with van der Waals surface area (Å²) in [6.45, 7) is 2.19. The molecule has 24 heavy (non-hydrogen) atoms. The van der Waals surface area contributed by atoms with E-state index < -0.39 is 7.26 Å². The van der Waals surface area contributed by atoms with Crippen LogP contribution in [0, 0.1) is 0 Å². The van der Waals surface area contributed by atoms with E-state index in [1.807, 2.05) is 0 Å². The molecule has 0 unspecified atom stereocenters. The van der Waals surface area contributed by atoms with Crippen molar-refractivity contribution in [1.82, 2.24) is 5.32 Å². The van der Waals surface area contributed by atoms with E-state index in [0.29, 0.717) is 0 Å². The van der Waals surface area contributed by atoms with E-state index >= 15 is 0 Å². The standard InChI is InChI=1S/C21H38N2P/c1-4-10-18(11-5-1)24(21-22-16-17-23-21,19-12-6-2-7-13-19)20-14-8-3-9-15-20/h18-20H,1-17H2,(H,22,23)/q+1. The molecule has 0 atom stereocenters. The maximum absolute atomic E-state index is 5.19. The van der Waals surface area contributed by atoms with E-state index in [-0.39, 0.29) is 0 Å². The first kappa shape index (κ1) is 17.3. The number of hydrogen-bond acceptors (Lipinski definition) is 2. The molecule has 3 saturated carbocycles. The summed E-state index contributed by atoms with van der Waals surface area (Å²) in [6, 6.07) is 0. The largest absolute Gasteiger partial charge is 0.339 e. The Kier molecular flexibility index (Phi) is 5.82. The van der Waals surface area contributed by atoms with Crippen LogP contribution in [0.25, 0.3) is 0 Å². The molecular formula is C21H38N2P+. The predicted octanol–water partition coefficient (Wildman–Crippen LogP) is 5.96. The SMILES string of the molecule is C1CCC([P+](C2=NCCN2)(C2CCCCC2)C2CCCCC2)CC1. The number of nitrogens with zero attached hydrogens (tertiary/aromatic N) is 1. The maximum atomic E-state index is 5.19. The predicted molar refractivity (Wildman–Crippen MR) is 108 cm³/mol. The highest BCUT2D eigenvalue weighted by Gasteiger charge is 2.61. The van der Waals surface area contributed by atoms with Gasteiger partial charge in [0.2, 0.25) is 5.58 Å². The summed E-state index contributed by atoms with van der Waals surface area (Å²) in [4.78, 5) is 5.19. The molecule has 1 heterocycles. The van der Waals surface area contributed by atoms with Crippen LogP contribution < -0.4 is 5.32 Å². The number of nitrogens with one attached hydrogen (secondary N) is 1. The average molecular weight is 350 g/mol. The third-order valence-corrected chi connectivity index (χ3v) is 13.8. The van der Waals surface area contributed by atoms with Gasteiger partial charge < -0.3 is 5.32 Å². The molecule has 2 nitrogen and oxygen atoms in total. The van der Waals surface area contributed by atoms with Crippen LogP contribution >= 0.6 is 7.26 Å². The van der Waals surface area contributed by atoms with E-state index in [9.17, 15) is 0 Å². The van der Waals surface area contributed by atoms with Crippen molar-refractivity contribution in [3.63, 3.8) is 0 Å². The molecule has 0 saturated heterocycles. The van der Waals surface area contributed by atoms with Crippen LogP contribution in [0.5, 0.6) is 0 Å². The molecule has 1 aliphatic heterocycles. The summed E-state index contributed by atoms with van der Waals surface area (Å²) in [5.74, 6) is 0. The molecule has 0 spiro atoms. The van der Waals surface area contributed by atoms with Crippen molar-refractivity contribution in [3.05, 3.63) is 0 Å². The number of rotatable bonds is 4. The quantitative estimate of drug-likeness (QED) is 0.622. The van der Waals surface area contributed by atoms with Gasteiger partial charge in [0.25, 0.3) is 0 Å². The summed E-state index contributed by atoms with van der Waals surface area (Å²) >= 11 is 0. The molecule has 0 amide bonds. The molecule has 0 bridgehead atoms. The molecule has 0 radical (unpaired) electrons. The Hall–Kier alpha value is -0.100. The Morgan fingerprint density at radius 2 is 1.04 bits per heavy atom. The smallest absolute Gasteiger partial charge is 0.246 e. The molecule has 0 aromatic heterocycles. The minimum atomic E-state index is -1.13. The molecule has 3 aliphatic carbocycles. The summed E-state index contributed by atoms with van der Waals surface area (Å²) < 4.78 is 0. The fraction of sp³-hybridized carbons (Fsp3) is 0.952. The number of amidine groups is 1. The lowest BCUT2D eigenvalue weighted by molar-refractivity contribution is 0.455. The monoisotopic (exact) mass is 349 g/mol. The van der Waals surface area contributed by atoms with E-state index in [1.165, 1.54) is 96.3 Å². The highest BCUT2D eigenvalue weighted by molar-refractivity contribution is 7.92. The molecule has 3 heteroatoms. The topological polar surface area (TPSA) is 24.4 Å². The lowest BCUT2D eigenvalue weighted by atomic mass is 9.99. The average Bonchev–Trinajstić information content (AvgIpc) is 3.20. The first-order chi connectivity index (χ1) is 11.9. The van der Waals surface area contributed by atoms with Crippen molar-refractivity contribution in [1.29, 1.82) is 0 Å². The summed E-state index contributed by atoms with van der Waals surface area (Å²) in [5, 5.41) is 3.89. The van der Waals surface area contributed by atoms with Crippen LogP contribution in [0.1, 0.15) is 96.3 Å². The van der Waals surface area contributed by atoms with Gasteiger partial charge in [-0.1, -0.05) is 19.3 Å². The lowest BCUT2D eigenvalue weighted by Crippen LogP contribution is -2.43. The van der Waals surface area contributed by atoms with Gasteiger partial charge in [0.15, 0.2) is 0 Å². The highest BCUT2D eigenvalue weighted by atomic mass is 31.2. The van der Waals surface area contributed by atoms with Crippen LogP contribution in [0.4, 0.5) is 0 Å². The molecule has 4 rings (SSSR count). The highest BCUT2D eigenvalue weighted by Crippen LogP contribution is 2.77. The minimum Gasteiger partial charge on any atom is -0.339 e. The summed E-state index contributed by atoms with van der Waals surface area (Å²) in [7, 11) is -1.13. The van der Waals surface area contributed by atoms with Gasteiger partial charge in [-0.05, 0) is 77.0 Å². The Labute approximate surface area is 150 Å². The second-order valence-corrected chi connectivity index (χ2v) is 13.1. The first-order valence-corrected chi connectivity index (χ1v) is 13.1. The Bertz CT molecular complexity index is 384. The van der Waals surface area contributed by atoms with E-state index in [4.69, 9.17) is 4.99 Å². The molecule has 3 fully saturated rings. The number of hydrogen-bond donors (Lipinski definition) is 1. The van der Waals surface area contributed by atoms with Gasteiger partial charge in [-0.3, -0.25) is 0 Å². The van der Waals surface area contributed by atoms with E-state index in [1.54, 1.807) is 5.58 Å². The van der Waals surface area contributed by atoms with E-state index in [2.05, 4.69) is 5.32 Å². The zero-order valence-corrected chi connectivity index (χ0v) is 16.5. The van der Waals surface area contributed by atoms with Gasteiger partial charge in [-0.15, -0.1) is 0 Å². The first-order valence-electron chi connectivity index (χ1n) is 11.1. The molecular weight excluding hydrogens is 311 g/mol.